The minimum Gasteiger partial charge on any atom is -0.482 e. The summed E-state index contributed by atoms with van der Waals surface area (Å²) in [6.07, 6.45) is 0. The van der Waals surface area contributed by atoms with Gasteiger partial charge >= 0.3 is 5.97 Å². The minimum atomic E-state index is -1.17. The number of anilines is 1. The Morgan fingerprint density at radius 3 is 2.85 bits per heavy atom. The monoisotopic (exact) mass is 299 g/mol. The number of carboxylic acid groups (broad SMARTS) is 1. The van der Waals surface area contributed by atoms with E-state index in [1.807, 2.05) is 0 Å². The van der Waals surface area contributed by atoms with Crippen LogP contribution in [-0.2, 0) is 14.3 Å². The summed E-state index contributed by atoms with van der Waals surface area (Å²) in [7, 11) is 0. The van der Waals surface area contributed by atoms with Gasteiger partial charge in [-0.25, -0.2) is 4.79 Å². The molecule has 106 valence electrons. The summed E-state index contributed by atoms with van der Waals surface area (Å²) in [5, 5.41) is 11.1. The van der Waals surface area contributed by atoms with Crippen LogP contribution in [0.3, 0.4) is 0 Å². The molecular formula is C12H10ClNO6. The molecule has 0 fully saturated rings. The number of carbonyl (C=O) groups is 3. The molecule has 0 spiro atoms. The number of hydrogen-bond donors (Lipinski definition) is 2. The molecule has 2 rings (SSSR count). The van der Waals surface area contributed by atoms with Gasteiger partial charge in [-0.3, -0.25) is 9.59 Å². The molecule has 0 aromatic heterocycles. The van der Waals surface area contributed by atoms with Crippen LogP contribution in [-0.4, -0.2) is 42.6 Å². The van der Waals surface area contributed by atoms with Crippen molar-refractivity contribution < 1.29 is 29.0 Å². The number of ether oxygens (including phenoxy) is 2. The lowest BCUT2D eigenvalue weighted by Crippen LogP contribution is -2.25. The van der Waals surface area contributed by atoms with Crippen molar-refractivity contribution in [2.45, 2.75) is 0 Å². The maximum absolute atomic E-state index is 11.9. The first-order valence-corrected chi connectivity index (χ1v) is 5.94. The van der Waals surface area contributed by atoms with Gasteiger partial charge in [0.25, 0.3) is 5.91 Å². The van der Waals surface area contributed by atoms with E-state index in [1.54, 1.807) is 0 Å². The number of ketones is 1. The lowest BCUT2D eigenvalue weighted by atomic mass is 10.1. The third-order valence-corrected chi connectivity index (χ3v) is 2.77. The molecule has 1 heterocycles. The minimum absolute atomic E-state index is 0.124. The molecule has 0 unspecified atom stereocenters. The van der Waals surface area contributed by atoms with Crippen molar-refractivity contribution in [2.75, 3.05) is 25.1 Å². The molecular weight excluding hydrogens is 290 g/mol. The van der Waals surface area contributed by atoms with Crippen molar-refractivity contribution in [3.05, 3.63) is 22.7 Å². The van der Waals surface area contributed by atoms with Gasteiger partial charge < -0.3 is 19.9 Å². The quantitative estimate of drug-likeness (QED) is 0.785. The summed E-state index contributed by atoms with van der Waals surface area (Å²) >= 11 is 5.95. The van der Waals surface area contributed by atoms with E-state index in [0.717, 1.165) is 0 Å². The number of nitrogens with one attached hydrogen (secondary N) is 1. The molecule has 1 aliphatic heterocycles. The van der Waals surface area contributed by atoms with E-state index in [4.69, 9.17) is 26.2 Å². The molecule has 1 aromatic carbocycles. The number of hydrogen-bond acceptors (Lipinski definition) is 5. The third-order valence-electron chi connectivity index (χ3n) is 2.46. The Kier molecular flexibility index (Phi) is 4.21. The maximum Gasteiger partial charge on any atom is 0.329 e. The second-order valence-corrected chi connectivity index (χ2v) is 4.38. The predicted molar refractivity (Wildman–Crippen MR) is 68.4 cm³/mol. The van der Waals surface area contributed by atoms with Crippen molar-refractivity contribution in [3.63, 3.8) is 0 Å². The van der Waals surface area contributed by atoms with Crippen LogP contribution in [0.2, 0.25) is 5.02 Å². The van der Waals surface area contributed by atoms with E-state index in [9.17, 15) is 14.4 Å². The third kappa shape index (κ3) is 3.25. The topological polar surface area (TPSA) is 102 Å². The van der Waals surface area contributed by atoms with E-state index in [-0.39, 0.29) is 23.1 Å². The van der Waals surface area contributed by atoms with E-state index >= 15 is 0 Å². The molecule has 0 saturated heterocycles. The van der Waals surface area contributed by atoms with Crippen molar-refractivity contribution in [1.82, 2.24) is 0 Å². The molecule has 1 amide bonds. The first-order valence-electron chi connectivity index (χ1n) is 5.56. The summed E-state index contributed by atoms with van der Waals surface area (Å²) in [4.78, 5) is 33.3. The number of carbonyl (C=O) groups excluding carboxylic acids is 2. The summed E-state index contributed by atoms with van der Waals surface area (Å²) in [5.74, 6) is -1.62. The molecule has 0 aliphatic carbocycles. The van der Waals surface area contributed by atoms with Crippen LogP contribution in [0, 0.1) is 0 Å². The summed E-state index contributed by atoms with van der Waals surface area (Å²) in [6.45, 7) is -1.12. The highest BCUT2D eigenvalue weighted by Crippen LogP contribution is 2.33. The Morgan fingerprint density at radius 1 is 1.40 bits per heavy atom. The maximum atomic E-state index is 11.9. The van der Waals surface area contributed by atoms with Gasteiger partial charge in [0.15, 0.2) is 12.4 Å². The highest BCUT2D eigenvalue weighted by atomic mass is 35.5. The zero-order valence-corrected chi connectivity index (χ0v) is 10.9. The molecule has 0 radical (unpaired) electrons. The SMILES string of the molecule is O=C(O)COCC(=O)c1cc2c(cc1Cl)NC(=O)CO2. The highest BCUT2D eigenvalue weighted by Gasteiger charge is 2.21. The average Bonchev–Trinajstić information content (AvgIpc) is 2.37. The van der Waals surface area contributed by atoms with Crippen LogP contribution in [0.1, 0.15) is 10.4 Å². The van der Waals surface area contributed by atoms with Crippen molar-refractivity contribution in [2.24, 2.45) is 0 Å². The number of benzene rings is 1. The first-order chi connectivity index (χ1) is 9.47. The fourth-order valence-electron chi connectivity index (χ4n) is 1.62. The Hall–Kier alpha value is -2.12. The van der Waals surface area contributed by atoms with E-state index in [1.165, 1.54) is 12.1 Å². The first kappa shape index (κ1) is 14.3. The Morgan fingerprint density at radius 2 is 2.15 bits per heavy atom. The van der Waals surface area contributed by atoms with Crippen molar-refractivity contribution >= 4 is 34.9 Å². The molecule has 7 nitrogen and oxygen atoms in total. The number of fused-ring (bicyclic) bond motifs is 1. The second-order valence-electron chi connectivity index (χ2n) is 3.97. The fraction of sp³-hybridized carbons (Fsp3) is 0.250. The molecule has 1 aromatic rings. The molecule has 0 atom stereocenters. The fourth-order valence-corrected chi connectivity index (χ4v) is 1.89. The zero-order chi connectivity index (χ0) is 14.7. The Balaban J connectivity index is 2.14. The smallest absolute Gasteiger partial charge is 0.329 e. The van der Waals surface area contributed by atoms with Crippen LogP contribution in [0.15, 0.2) is 12.1 Å². The number of halogens is 1. The number of carboxylic acids is 1. The van der Waals surface area contributed by atoms with E-state index in [0.29, 0.717) is 11.4 Å². The van der Waals surface area contributed by atoms with Crippen LogP contribution >= 0.6 is 11.6 Å². The molecule has 0 bridgehead atoms. The predicted octanol–water partition coefficient (Wildman–Crippen LogP) is 0.955. The van der Waals surface area contributed by atoms with Crippen LogP contribution in [0.25, 0.3) is 0 Å². The van der Waals surface area contributed by atoms with Crippen LogP contribution in [0.4, 0.5) is 5.69 Å². The van der Waals surface area contributed by atoms with Crippen molar-refractivity contribution in [3.8, 4) is 5.75 Å². The molecule has 8 heteroatoms. The van der Waals surface area contributed by atoms with Gasteiger partial charge in [0.1, 0.15) is 19.0 Å². The normalized spacial score (nSPS) is 13.2. The van der Waals surface area contributed by atoms with E-state index in [2.05, 4.69) is 5.32 Å². The van der Waals surface area contributed by atoms with Gasteiger partial charge in [0.2, 0.25) is 0 Å². The lowest BCUT2D eigenvalue weighted by molar-refractivity contribution is -0.141. The Labute approximate surface area is 118 Å². The molecule has 0 saturated carbocycles. The number of aliphatic carboxylic acids is 1. The summed E-state index contributed by atoms with van der Waals surface area (Å²) < 4.78 is 9.88. The van der Waals surface area contributed by atoms with Gasteiger partial charge in [0, 0.05) is 5.56 Å². The highest BCUT2D eigenvalue weighted by molar-refractivity contribution is 6.34. The largest absolute Gasteiger partial charge is 0.482 e. The zero-order valence-electron chi connectivity index (χ0n) is 10.1. The molecule has 20 heavy (non-hydrogen) atoms. The summed E-state index contributed by atoms with van der Waals surface area (Å²) in [6, 6.07) is 2.79. The Bertz CT molecular complexity index is 586. The summed E-state index contributed by atoms with van der Waals surface area (Å²) in [5.41, 5.74) is 0.529. The van der Waals surface area contributed by atoms with Gasteiger partial charge in [-0.15, -0.1) is 0 Å². The molecule has 1 aliphatic rings. The number of amides is 1. The van der Waals surface area contributed by atoms with Gasteiger partial charge in [-0.05, 0) is 12.1 Å². The number of Topliss-reactive ketones (excluding diaryl/α,β-unsaturated/α-hetero) is 1. The average molecular weight is 300 g/mol. The lowest BCUT2D eigenvalue weighted by Gasteiger charge is -2.19. The van der Waals surface area contributed by atoms with Gasteiger partial charge in [-0.2, -0.15) is 0 Å². The second kappa shape index (κ2) is 5.89. The van der Waals surface area contributed by atoms with Gasteiger partial charge in [0.05, 0.1) is 10.7 Å². The van der Waals surface area contributed by atoms with E-state index < -0.39 is 25.0 Å². The molecule has 2 N–H and O–H groups in total. The number of rotatable bonds is 5. The van der Waals surface area contributed by atoms with Crippen molar-refractivity contribution in [1.29, 1.82) is 0 Å². The van der Waals surface area contributed by atoms with Crippen LogP contribution < -0.4 is 10.1 Å². The van der Waals surface area contributed by atoms with Crippen LogP contribution in [0.5, 0.6) is 5.75 Å². The van der Waals surface area contributed by atoms with Gasteiger partial charge in [-0.1, -0.05) is 11.6 Å². The standard InChI is InChI=1S/C12H10ClNO6/c13-7-2-8-10(20-4-11(16)14-8)1-6(7)9(15)3-19-5-12(17)18/h1-2H,3-5H2,(H,14,16)(H,17,18).